The zero-order chi connectivity index (χ0) is 18.8. The van der Waals surface area contributed by atoms with Crippen molar-refractivity contribution < 1.29 is 4.74 Å². The fraction of sp³-hybridized carbons (Fsp3) is 0.143. The first kappa shape index (κ1) is 17.9. The molecule has 4 rings (SSSR count). The van der Waals surface area contributed by atoms with Gasteiger partial charge in [-0.1, -0.05) is 54.1 Å². The molecule has 0 saturated carbocycles. The lowest BCUT2D eigenvalue weighted by molar-refractivity contribution is 0.186. The molecule has 0 bridgehead atoms. The lowest BCUT2D eigenvalue weighted by atomic mass is 10.2. The first-order chi connectivity index (χ1) is 13.2. The highest BCUT2D eigenvalue weighted by atomic mass is 35.5. The van der Waals surface area contributed by atoms with Crippen LogP contribution in [0.3, 0.4) is 0 Å². The number of methoxy groups -OCH3 is 1. The minimum atomic E-state index is -0.0783. The Kier molecular flexibility index (Phi) is 5.07. The molecule has 0 spiro atoms. The summed E-state index contributed by atoms with van der Waals surface area (Å²) in [5, 5.41) is 1.18. The summed E-state index contributed by atoms with van der Waals surface area (Å²) in [6.07, 6.45) is 0. The molecule has 0 aliphatic carbocycles. The van der Waals surface area contributed by atoms with Crippen LogP contribution >= 0.6 is 22.9 Å². The zero-order valence-corrected chi connectivity index (χ0v) is 16.3. The number of rotatable bonds is 5. The van der Waals surface area contributed by atoms with Gasteiger partial charge in [0.1, 0.15) is 10.7 Å². The molecule has 2 aromatic carbocycles. The van der Waals surface area contributed by atoms with Crippen LogP contribution in [-0.4, -0.2) is 23.3 Å². The molecule has 0 unspecified atom stereocenters. The van der Waals surface area contributed by atoms with Crippen LogP contribution in [-0.2, 0) is 11.3 Å². The monoisotopic (exact) mass is 396 g/mol. The minimum absolute atomic E-state index is 0.0783. The van der Waals surface area contributed by atoms with Crippen LogP contribution in [0.15, 0.2) is 65.5 Å². The molecular weight excluding hydrogens is 380 g/mol. The van der Waals surface area contributed by atoms with Crippen molar-refractivity contribution in [2.75, 3.05) is 13.7 Å². The van der Waals surface area contributed by atoms with Gasteiger partial charge < -0.3 is 4.74 Å². The molecule has 0 radical (unpaired) electrons. The average molecular weight is 397 g/mol. The van der Waals surface area contributed by atoms with Gasteiger partial charge in [0.15, 0.2) is 0 Å². The molecule has 27 heavy (non-hydrogen) atoms. The molecule has 0 N–H and O–H groups in total. The summed E-state index contributed by atoms with van der Waals surface area (Å²) in [4.78, 5) is 19.8. The number of fused-ring (bicyclic) bond motifs is 1. The first-order valence-electron chi connectivity index (χ1n) is 8.52. The van der Waals surface area contributed by atoms with Gasteiger partial charge in [0.25, 0.3) is 5.56 Å². The second-order valence-electron chi connectivity index (χ2n) is 6.06. The Morgan fingerprint density at radius 1 is 1.11 bits per heavy atom. The van der Waals surface area contributed by atoms with Crippen LogP contribution in [0.5, 0.6) is 0 Å². The SMILES string of the molecule is COCCn1c(-c2ccccc2Cl)nc2sc(-c3ccccc3)cc2c1=O. The number of hydrogen-bond donors (Lipinski definition) is 0. The van der Waals surface area contributed by atoms with Crippen molar-refractivity contribution >= 4 is 33.2 Å². The summed E-state index contributed by atoms with van der Waals surface area (Å²) in [7, 11) is 1.62. The summed E-state index contributed by atoms with van der Waals surface area (Å²) >= 11 is 7.90. The van der Waals surface area contributed by atoms with Gasteiger partial charge in [-0.2, -0.15) is 0 Å². The highest BCUT2D eigenvalue weighted by Crippen LogP contribution is 2.33. The summed E-state index contributed by atoms with van der Waals surface area (Å²) < 4.78 is 6.84. The number of thiophene rings is 1. The van der Waals surface area contributed by atoms with Crippen LogP contribution in [0.4, 0.5) is 0 Å². The maximum absolute atomic E-state index is 13.2. The van der Waals surface area contributed by atoms with E-state index in [1.807, 2.05) is 54.6 Å². The van der Waals surface area contributed by atoms with Gasteiger partial charge >= 0.3 is 0 Å². The van der Waals surface area contributed by atoms with E-state index in [0.717, 1.165) is 16.0 Å². The molecular formula is C21H17ClN2O2S. The molecule has 0 atom stereocenters. The Bertz CT molecular complexity index is 1150. The Labute approximate surface area is 165 Å². The number of halogens is 1. The van der Waals surface area contributed by atoms with Gasteiger partial charge in [0.05, 0.1) is 23.6 Å². The molecule has 0 amide bonds. The summed E-state index contributed by atoms with van der Waals surface area (Å²) in [5.74, 6) is 0.566. The minimum Gasteiger partial charge on any atom is -0.383 e. The normalized spacial score (nSPS) is 11.2. The Balaban J connectivity index is 1.96. The molecule has 4 aromatic rings. The zero-order valence-electron chi connectivity index (χ0n) is 14.7. The third-order valence-corrected chi connectivity index (χ3v) is 5.75. The van der Waals surface area contributed by atoms with E-state index >= 15 is 0 Å². The largest absolute Gasteiger partial charge is 0.383 e. The molecule has 0 fully saturated rings. The van der Waals surface area contributed by atoms with Crippen molar-refractivity contribution in [3.8, 4) is 21.8 Å². The van der Waals surface area contributed by atoms with Crippen molar-refractivity contribution in [1.82, 2.24) is 9.55 Å². The van der Waals surface area contributed by atoms with Crippen LogP contribution < -0.4 is 5.56 Å². The van der Waals surface area contributed by atoms with Crippen LogP contribution in [0, 0.1) is 0 Å². The van der Waals surface area contributed by atoms with Gasteiger partial charge in [0, 0.05) is 17.6 Å². The summed E-state index contributed by atoms with van der Waals surface area (Å²) in [6.45, 7) is 0.829. The Morgan fingerprint density at radius 3 is 2.59 bits per heavy atom. The second-order valence-corrected chi connectivity index (χ2v) is 7.50. The van der Waals surface area contributed by atoms with E-state index in [0.29, 0.717) is 34.2 Å². The molecule has 6 heteroatoms. The van der Waals surface area contributed by atoms with Crippen LogP contribution in [0.2, 0.25) is 5.02 Å². The lowest BCUT2D eigenvalue weighted by Gasteiger charge is -2.13. The Morgan fingerprint density at radius 2 is 1.85 bits per heavy atom. The maximum atomic E-state index is 13.2. The number of benzene rings is 2. The maximum Gasteiger partial charge on any atom is 0.262 e. The molecule has 0 aliphatic rings. The van der Waals surface area contributed by atoms with Crippen molar-refractivity contribution in [2.45, 2.75) is 6.54 Å². The van der Waals surface area contributed by atoms with E-state index in [2.05, 4.69) is 0 Å². The fourth-order valence-electron chi connectivity index (χ4n) is 3.00. The van der Waals surface area contributed by atoms with Gasteiger partial charge in [-0.25, -0.2) is 4.98 Å². The van der Waals surface area contributed by atoms with Crippen molar-refractivity contribution in [3.05, 3.63) is 76.0 Å². The second kappa shape index (κ2) is 7.64. The molecule has 4 nitrogen and oxygen atoms in total. The number of ether oxygens (including phenoxy) is 1. The van der Waals surface area contributed by atoms with E-state index in [9.17, 15) is 4.79 Å². The van der Waals surface area contributed by atoms with Gasteiger partial charge in [-0.05, 0) is 23.8 Å². The fourth-order valence-corrected chi connectivity index (χ4v) is 4.25. The van der Waals surface area contributed by atoms with Crippen molar-refractivity contribution in [2.24, 2.45) is 0 Å². The van der Waals surface area contributed by atoms with Crippen molar-refractivity contribution in [1.29, 1.82) is 0 Å². The molecule has 136 valence electrons. The standard InChI is InChI=1S/C21H17ClN2O2S/c1-26-12-11-24-19(15-9-5-6-10-17(15)22)23-20-16(21(24)25)13-18(27-20)14-7-3-2-4-8-14/h2-10,13H,11-12H2,1H3. The molecule has 0 aliphatic heterocycles. The molecule has 2 heterocycles. The van der Waals surface area contributed by atoms with Gasteiger partial charge in [-0.15, -0.1) is 11.3 Å². The quantitative estimate of drug-likeness (QED) is 0.472. The topological polar surface area (TPSA) is 44.1 Å². The van der Waals surface area contributed by atoms with E-state index in [1.54, 1.807) is 17.7 Å². The third-order valence-electron chi connectivity index (χ3n) is 4.34. The third kappa shape index (κ3) is 3.41. The van der Waals surface area contributed by atoms with E-state index in [1.165, 1.54) is 11.3 Å². The Hall–Kier alpha value is -2.47. The highest BCUT2D eigenvalue weighted by Gasteiger charge is 2.17. The predicted molar refractivity (Wildman–Crippen MR) is 112 cm³/mol. The number of hydrogen-bond acceptors (Lipinski definition) is 4. The van der Waals surface area contributed by atoms with E-state index < -0.39 is 0 Å². The molecule has 2 aromatic heterocycles. The van der Waals surface area contributed by atoms with Crippen molar-refractivity contribution in [3.63, 3.8) is 0 Å². The molecule has 0 saturated heterocycles. The van der Waals surface area contributed by atoms with Gasteiger partial charge in [-0.3, -0.25) is 9.36 Å². The predicted octanol–water partition coefficient (Wildman–Crippen LogP) is 5.09. The average Bonchev–Trinajstić information content (AvgIpc) is 3.13. The van der Waals surface area contributed by atoms with Crippen LogP contribution in [0.1, 0.15) is 0 Å². The number of nitrogens with zero attached hydrogens (tertiary/aromatic N) is 2. The number of aromatic nitrogens is 2. The highest BCUT2D eigenvalue weighted by molar-refractivity contribution is 7.21. The van der Waals surface area contributed by atoms with E-state index in [-0.39, 0.29) is 5.56 Å². The van der Waals surface area contributed by atoms with Crippen LogP contribution in [0.25, 0.3) is 32.0 Å². The smallest absolute Gasteiger partial charge is 0.262 e. The van der Waals surface area contributed by atoms with Gasteiger partial charge in [0.2, 0.25) is 0 Å². The van der Waals surface area contributed by atoms with E-state index in [4.69, 9.17) is 21.3 Å². The first-order valence-corrected chi connectivity index (χ1v) is 9.72. The summed E-state index contributed by atoms with van der Waals surface area (Å²) in [6, 6.07) is 19.4. The lowest BCUT2D eigenvalue weighted by Crippen LogP contribution is -2.25. The summed E-state index contributed by atoms with van der Waals surface area (Å²) in [5.41, 5.74) is 1.73.